The second-order valence-corrected chi connectivity index (χ2v) is 2.68. The van der Waals surface area contributed by atoms with E-state index in [1.54, 1.807) is 0 Å². The van der Waals surface area contributed by atoms with E-state index in [0.717, 1.165) is 12.1 Å². The van der Waals surface area contributed by atoms with E-state index in [4.69, 9.17) is 5.73 Å². The number of anilines is 1. The normalized spacial score (nSPS) is 12.9. The first-order valence-corrected chi connectivity index (χ1v) is 3.81. The highest BCUT2D eigenvalue weighted by Gasteiger charge is 2.03. The molecule has 1 atom stereocenters. The van der Waals surface area contributed by atoms with Crippen molar-refractivity contribution in [1.82, 2.24) is 9.97 Å². The molecule has 3 nitrogen and oxygen atoms in total. The van der Waals surface area contributed by atoms with Crippen LogP contribution in [0.3, 0.4) is 0 Å². The van der Waals surface area contributed by atoms with Gasteiger partial charge < -0.3 is 5.73 Å². The number of nitrogens with two attached hydrogens (primary N) is 1. The van der Waals surface area contributed by atoms with Crippen LogP contribution >= 0.6 is 0 Å². The first kappa shape index (κ1) is 7.98. The van der Waals surface area contributed by atoms with Crippen LogP contribution in [0.25, 0.3) is 0 Å². The fourth-order valence-electron chi connectivity index (χ4n) is 0.867. The average Bonchev–Trinajstić information content (AvgIpc) is 2.03. The van der Waals surface area contributed by atoms with Crippen molar-refractivity contribution in [1.29, 1.82) is 0 Å². The van der Waals surface area contributed by atoms with Crippen molar-refractivity contribution in [3.8, 4) is 0 Å². The van der Waals surface area contributed by atoms with E-state index in [2.05, 4.69) is 23.8 Å². The molecule has 0 saturated carbocycles. The standard InChI is InChI=1S/C8H13N3/c1-3-6(2)7-4-8(9)11-5-10-7/h4-6H,3H2,1-2H3,(H2,9,10,11)/t6-/m1/s1. The zero-order valence-electron chi connectivity index (χ0n) is 6.91. The Kier molecular flexibility index (Phi) is 2.41. The Morgan fingerprint density at radius 3 is 2.82 bits per heavy atom. The van der Waals surface area contributed by atoms with Gasteiger partial charge in [0.15, 0.2) is 0 Å². The minimum absolute atomic E-state index is 0.472. The summed E-state index contributed by atoms with van der Waals surface area (Å²) in [7, 11) is 0. The fraction of sp³-hybridized carbons (Fsp3) is 0.500. The molecule has 0 unspecified atom stereocenters. The summed E-state index contributed by atoms with van der Waals surface area (Å²) in [5.41, 5.74) is 6.53. The number of nitrogens with zero attached hydrogens (tertiary/aromatic N) is 2. The van der Waals surface area contributed by atoms with E-state index in [0.29, 0.717) is 11.7 Å². The van der Waals surface area contributed by atoms with Gasteiger partial charge in [-0.25, -0.2) is 9.97 Å². The van der Waals surface area contributed by atoms with Gasteiger partial charge in [0.05, 0.1) is 0 Å². The molecule has 1 aromatic rings. The maximum atomic E-state index is 5.50. The lowest BCUT2D eigenvalue weighted by Crippen LogP contribution is -1.98. The molecule has 0 spiro atoms. The number of nitrogen functional groups attached to an aromatic ring is 1. The highest BCUT2D eigenvalue weighted by molar-refractivity contribution is 5.29. The van der Waals surface area contributed by atoms with Crippen LogP contribution < -0.4 is 5.73 Å². The Labute approximate surface area is 66.7 Å². The third kappa shape index (κ3) is 1.90. The zero-order chi connectivity index (χ0) is 8.27. The van der Waals surface area contributed by atoms with Gasteiger partial charge in [-0.05, 0) is 12.3 Å². The average molecular weight is 151 g/mol. The van der Waals surface area contributed by atoms with Crippen molar-refractivity contribution >= 4 is 5.82 Å². The first-order chi connectivity index (χ1) is 5.24. The number of rotatable bonds is 2. The summed E-state index contributed by atoms with van der Waals surface area (Å²) in [6.07, 6.45) is 2.59. The van der Waals surface area contributed by atoms with Crippen molar-refractivity contribution in [2.24, 2.45) is 0 Å². The van der Waals surface area contributed by atoms with Crippen LogP contribution in [0.4, 0.5) is 5.82 Å². The molecular formula is C8H13N3. The van der Waals surface area contributed by atoms with Crippen LogP contribution in [0.2, 0.25) is 0 Å². The SMILES string of the molecule is CC[C@@H](C)c1cc(N)ncn1. The summed E-state index contributed by atoms with van der Waals surface area (Å²) < 4.78 is 0. The predicted octanol–water partition coefficient (Wildman–Crippen LogP) is 1.57. The lowest BCUT2D eigenvalue weighted by atomic mass is 10.1. The quantitative estimate of drug-likeness (QED) is 0.698. The summed E-state index contributed by atoms with van der Waals surface area (Å²) in [5.74, 6) is 1.02. The van der Waals surface area contributed by atoms with Gasteiger partial charge in [-0.2, -0.15) is 0 Å². The number of hydrogen-bond donors (Lipinski definition) is 1. The van der Waals surface area contributed by atoms with Crippen molar-refractivity contribution < 1.29 is 0 Å². The third-order valence-electron chi connectivity index (χ3n) is 1.83. The molecular weight excluding hydrogens is 138 g/mol. The molecule has 60 valence electrons. The highest BCUT2D eigenvalue weighted by Crippen LogP contribution is 2.15. The topological polar surface area (TPSA) is 51.8 Å². The molecule has 0 fully saturated rings. The van der Waals surface area contributed by atoms with Gasteiger partial charge in [-0.3, -0.25) is 0 Å². The Morgan fingerprint density at radius 1 is 1.55 bits per heavy atom. The molecule has 0 bridgehead atoms. The van der Waals surface area contributed by atoms with Gasteiger partial charge in [0, 0.05) is 11.8 Å². The molecule has 2 N–H and O–H groups in total. The molecule has 0 aliphatic rings. The van der Waals surface area contributed by atoms with Crippen molar-refractivity contribution in [3.05, 3.63) is 18.1 Å². The van der Waals surface area contributed by atoms with E-state index in [1.807, 2.05) is 6.07 Å². The van der Waals surface area contributed by atoms with E-state index in [9.17, 15) is 0 Å². The Bertz CT molecular complexity index is 235. The van der Waals surface area contributed by atoms with E-state index >= 15 is 0 Å². The summed E-state index contributed by atoms with van der Waals surface area (Å²) in [6.45, 7) is 4.25. The number of aromatic nitrogens is 2. The second kappa shape index (κ2) is 3.32. The van der Waals surface area contributed by atoms with Crippen LogP contribution in [0.1, 0.15) is 31.9 Å². The molecule has 0 saturated heterocycles. The predicted molar refractivity (Wildman–Crippen MR) is 45.2 cm³/mol. The van der Waals surface area contributed by atoms with Gasteiger partial charge in [0.25, 0.3) is 0 Å². The van der Waals surface area contributed by atoms with Gasteiger partial charge in [0.2, 0.25) is 0 Å². The highest BCUT2D eigenvalue weighted by atomic mass is 14.9. The lowest BCUT2D eigenvalue weighted by molar-refractivity contribution is 0.705. The van der Waals surface area contributed by atoms with Crippen LogP contribution in [0, 0.1) is 0 Å². The molecule has 0 aliphatic carbocycles. The van der Waals surface area contributed by atoms with E-state index in [1.165, 1.54) is 6.33 Å². The molecule has 0 radical (unpaired) electrons. The van der Waals surface area contributed by atoms with Gasteiger partial charge in [0.1, 0.15) is 12.1 Å². The van der Waals surface area contributed by atoms with Gasteiger partial charge >= 0.3 is 0 Å². The van der Waals surface area contributed by atoms with Crippen LogP contribution in [-0.4, -0.2) is 9.97 Å². The fourth-order valence-corrected chi connectivity index (χ4v) is 0.867. The summed E-state index contributed by atoms with van der Waals surface area (Å²) in [5, 5.41) is 0. The molecule has 1 rings (SSSR count). The van der Waals surface area contributed by atoms with Crippen molar-refractivity contribution in [3.63, 3.8) is 0 Å². The van der Waals surface area contributed by atoms with Crippen LogP contribution in [-0.2, 0) is 0 Å². The maximum absolute atomic E-state index is 5.50. The molecule has 0 aromatic carbocycles. The lowest BCUT2D eigenvalue weighted by Gasteiger charge is -2.06. The van der Waals surface area contributed by atoms with E-state index < -0.39 is 0 Å². The summed E-state index contributed by atoms with van der Waals surface area (Å²) in [4.78, 5) is 7.94. The monoisotopic (exact) mass is 151 g/mol. The molecule has 11 heavy (non-hydrogen) atoms. The van der Waals surface area contributed by atoms with Gasteiger partial charge in [-0.15, -0.1) is 0 Å². The summed E-state index contributed by atoms with van der Waals surface area (Å²) >= 11 is 0. The van der Waals surface area contributed by atoms with Crippen LogP contribution in [0.15, 0.2) is 12.4 Å². The molecule has 0 amide bonds. The molecule has 1 aromatic heterocycles. The minimum atomic E-state index is 0.472. The first-order valence-electron chi connectivity index (χ1n) is 3.81. The second-order valence-electron chi connectivity index (χ2n) is 2.68. The largest absolute Gasteiger partial charge is 0.384 e. The summed E-state index contributed by atoms with van der Waals surface area (Å²) in [6, 6.07) is 1.83. The Hall–Kier alpha value is -1.12. The third-order valence-corrected chi connectivity index (χ3v) is 1.83. The van der Waals surface area contributed by atoms with Crippen LogP contribution in [0.5, 0.6) is 0 Å². The van der Waals surface area contributed by atoms with Gasteiger partial charge in [-0.1, -0.05) is 13.8 Å². The van der Waals surface area contributed by atoms with Crippen molar-refractivity contribution in [2.45, 2.75) is 26.2 Å². The number of hydrogen-bond acceptors (Lipinski definition) is 3. The minimum Gasteiger partial charge on any atom is -0.384 e. The smallest absolute Gasteiger partial charge is 0.127 e. The van der Waals surface area contributed by atoms with Crippen molar-refractivity contribution in [2.75, 3.05) is 5.73 Å². The van der Waals surface area contributed by atoms with E-state index in [-0.39, 0.29) is 0 Å². The zero-order valence-corrected chi connectivity index (χ0v) is 6.91. The Balaban J connectivity index is 2.86. The Morgan fingerprint density at radius 2 is 2.27 bits per heavy atom. The molecule has 1 heterocycles. The molecule has 3 heteroatoms. The molecule has 0 aliphatic heterocycles. The maximum Gasteiger partial charge on any atom is 0.127 e.